The molecule has 3 aromatic rings. The number of halogens is 6. The van der Waals surface area contributed by atoms with Gasteiger partial charge in [0, 0.05) is 11.1 Å². The smallest absolute Gasteiger partial charge is 0.452 e. The molecule has 0 spiro atoms. The van der Waals surface area contributed by atoms with Gasteiger partial charge in [-0.05, 0) is 24.3 Å². The van der Waals surface area contributed by atoms with Crippen molar-refractivity contribution in [3.8, 4) is 17.2 Å². The van der Waals surface area contributed by atoms with Crippen molar-refractivity contribution in [2.75, 3.05) is 14.2 Å². The quantitative estimate of drug-likeness (QED) is 0.478. The molecule has 1 N–H and O–H groups in total. The number of hydrogen-bond donors (Lipinski definition) is 1. The molecule has 1 aromatic heterocycles. The summed E-state index contributed by atoms with van der Waals surface area (Å²) in [5, 5.41) is 16.1. The molecule has 0 unspecified atom stereocenters. The van der Waals surface area contributed by atoms with Gasteiger partial charge in [-0.15, -0.1) is 10.2 Å². The molecular formula is C22H17F6N3O5. The normalized spacial score (nSPS) is 17.7. The van der Waals surface area contributed by atoms with Crippen molar-refractivity contribution >= 4 is 5.97 Å². The van der Waals surface area contributed by atoms with Crippen LogP contribution in [0.5, 0.6) is 11.5 Å². The van der Waals surface area contributed by atoms with E-state index >= 15 is 0 Å². The van der Waals surface area contributed by atoms with Crippen LogP contribution in [0.2, 0.25) is 0 Å². The van der Waals surface area contributed by atoms with E-state index in [0.29, 0.717) is 16.7 Å². The van der Waals surface area contributed by atoms with Crippen LogP contribution in [0.3, 0.4) is 0 Å². The van der Waals surface area contributed by atoms with Crippen LogP contribution in [0.25, 0.3) is 5.69 Å². The van der Waals surface area contributed by atoms with Gasteiger partial charge in [-0.25, -0.2) is 0 Å². The molecule has 0 bridgehead atoms. The Morgan fingerprint density at radius 1 is 1.03 bits per heavy atom. The van der Waals surface area contributed by atoms with E-state index in [0.717, 1.165) is 6.07 Å². The number of aliphatic carboxylic acids is 1. The number of para-hydroxylation sites is 1. The summed E-state index contributed by atoms with van der Waals surface area (Å²) in [6.45, 7) is 0. The maximum Gasteiger partial charge on any atom is 0.452 e. The third kappa shape index (κ3) is 4.43. The molecule has 1 aliphatic heterocycles. The van der Waals surface area contributed by atoms with E-state index in [4.69, 9.17) is 14.2 Å². The van der Waals surface area contributed by atoms with E-state index in [1.165, 1.54) is 32.4 Å². The molecule has 0 aliphatic carbocycles. The highest BCUT2D eigenvalue weighted by atomic mass is 19.4. The van der Waals surface area contributed by atoms with Gasteiger partial charge in [-0.2, -0.15) is 26.3 Å². The van der Waals surface area contributed by atoms with Crippen LogP contribution < -0.4 is 9.47 Å². The second-order valence-corrected chi connectivity index (χ2v) is 7.67. The lowest BCUT2D eigenvalue weighted by Gasteiger charge is -2.25. The van der Waals surface area contributed by atoms with Gasteiger partial charge >= 0.3 is 18.3 Å². The highest BCUT2D eigenvalue weighted by Crippen LogP contribution is 2.48. The molecule has 0 amide bonds. The SMILES string of the molecule is COc1cccc([C@H]2O[C@H](CC(=O)O)c3nnc(C(F)(F)F)n3-c3ccc(C(F)(F)F)cc32)c1OC. The van der Waals surface area contributed by atoms with E-state index < -0.39 is 54.2 Å². The second-order valence-electron chi connectivity index (χ2n) is 7.67. The molecule has 2 aromatic carbocycles. The van der Waals surface area contributed by atoms with Crippen LogP contribution in [0, 0.1) is 0 Å². The Labute approximate surface area is 199 Å². The number of benzene rings is 2. The number of carboxylic acids is 1. The summed E-state index contributed by atoms with van der Waals surface area (Å²) in [5.74, 6) is -3.31. The number of ether oxygens (including phenoxy) is 3. The Hall–Kier alpha value is -3.81. The number of aromatic nitrogens is 3. The van der Waals surface area contributed by atoms with E-state index in [9.17, 15) is 36.2 Å². The van der Waals surface area contributed by atoms with Crippen molar-refractivity contribution in [3.63, 3.8) is 0 Å². The molecule has 192 valence electrons. The van der Waals surface area contributed by atoms with Crippen molar-refractivity contribution in [1.82, 2.24) is 14.8 Å². The van der Waals surface area contributed by atoms with E-state index in [1.54, 1.807) is 0 Å². The van der Waals surface area contributed by atoms with Gasteiger partial charge in [0.1, 0.15) is 12.2 Å². The van der Waals surface area contributed by atoms with Crippen molar-refractivity contribution in [1.29, 1.82) is 0 Å². The Morgan fingerprint density at radius 3 is 2.33 bits per heavy atom. The molecular weight excluding hydrogens is 500 g/mol. The van der Waals surface area contributed by atoms with Crippen molar-refractivity contribution in [2.45, 2.75) is 31.0 Å². The predicted octanol–water partition coefficient (Wildman–Crippen LogP) is 4.96. The Kier molecular flexibility index (Phi) is 6.32. The van der Waals surface area contributed by atoms with Gasteiger partial charge in [0.25, 0.3) is 0 Å². The van der Waals surface area contributed by atoms with Crippen LogP contribution in [-0.4, -0.2) is 40.1 Å². The van der Waals surface area contributed by atoms with Gasteiger partial charge in [0.2, 0.25) is 5.82 Å². The minimum Gasteiger partial charge on any atom is -0.493 e. The minimum absolute atomic E-state index is 0.0381. The molecule has 0 radical (unpaired) electrons. The first-order valence-electron chi connectivity index (χ1n) is 10.2. The summed E-state index contributed by atoms with van der Waals surface area (Å²) in [4.78, 5) is 11.6. The van der Waals surface area contributed by atoms with Gasteiger partial charge in [-0.1, -0.05) is 12.1 Å². The van der Waals surface area contributed by atoms with Crippen LogP contribution in [0.4, 0.5) is 26.3 Å². The lowest BCUT2D eigenvalue weighted by molar-refractivity contribution is -0.146. The molecule has 0 fully saturated rings. The standard InChI is InChI=1S/C22H17F6N3O5/c1-34-14-5-3-4-11(18(14)35-2)17-12-8-10(21(23,24)25)6-7-13(12)31-19(15(36-17)9-16(32)33)29-30-20(31)22(26,27)28/h3-8,15,17H,9H2,1-2H3,(H,32,33)/t15-,17-/m1/s1. The molecule has 2 atom stereocenters. The molecule has 4 rings (SSSR count). The molecule has 2 heterocycles. The largest absolute Gasteiger partial charge is 0.493 e. The topological polar surface area (TPSA) is 95.7 Å². The van der Waals surface area contributed by atoms with Gasteiger partial charge in [0.05, 0.1) is 31.9 Å². The maximum atomic E-state index is 13.8. The number of carbonyl (C=O) groups is 1. The fraction of sp³-hybridized carbons (Fsp3) is 0.318. The van der Waals surface area contributed by atoms with Crippen molar-refractivity contribution in [3.05, 3.63) is 64.7 Å². The third-order valence-corrected chi connectivity index (χ3v) is 5.48. The molecule has 0 saturated heterocycles. The third-order valence-electron chi connectivity index (χ3n) is 5.48. The summed E-state index contributed by atoms with van der Waals surface area (Å²) < 4.78 is 99.4. The average molecular weight is 517 g/mol. The number of rotatable bonds is 5. The van der Waals surface area contributed by atoms with Gasteiger partial charge in [-0.3, -0.25) is 9.36 Å². The summed E-state index contributed by atoms with van der Waals surface area (Å²) in [7, 11) is 2.58. The monoisotopic (exact) mass is 517 g/mol. The summed E-state index contributed by atoms with van der Waals surface area (Å²) in [6, 6.07) is 6.49. The van der Waals surface area contributed by atoms with Crippen molar-refractivity contribution in [2.24, 2.45) is 0 Å². The Morgan fingerprint density at radius 2 is 1.75 bits per heavy atom. The van der Waals surface area contributed by atoms with Crippen molar-refractivity contribution < 1.29 is 50.5 Å². The molecule has 8 nitrogen and oxygen atoms in total. The first-order chi connectivity index (χ1) is 16.9. The zero-order chi connectivity index (χ0) is 26.4. The second kappa shape index (κ2) is 9.00. The first kappa shape index (κ1) is 25.3. The van der Waals surface area contributed by atoms with Crippen LogP contribution in [0.15, 0.2) is 36.4 Å². The number of methoxy groups -OCH3 is 2. The van der Waals surface area contributed by atoms with Crippen LogP contribution >= 0.6 is 0 Å². The zero-order valence-corrected chi connectivity index (χ0v) is 18.5. The van der Waals surface area contributed by atoms with Gasteiger partial charge < -0.3 is 19.3 Å². The number of fused-ring (bicyclic) bond motifs is 3. The zero-order valence-electron chi connectivity index (χ0n) is 18.5. The lowest BCUT2D eigenvalue weighted by atomic mass is 9.96. The Balaban J connectivity index is 2.08. The first-order valence-corrected chi connectivity index (χ1v) is 10.2. The fourth-order valence-corrected chi connectivity index (χ4v) is 4.03. The number of hydrogen-bond acceptors (Lipinski definition) is 6. The number of carboxylic acid groups (broad SMARTS) is 1. The van der Waals surface area contributed by atoms with E-state index in [1.807, 2.05) is 0 Å². The Bertz CT molecular complexity index is 1300. The highest BCUT2D eigenvalue weighted by molar-refractivity contribution is 5.68. The average Bonchev–Trinajstić information content (AvgIpc) is 3.21. The predicted molar refractivity (Wildman–Crippen MR) is 109 cm³/mol. The van der Waals surface area contributed by atoms with Crippen LogP contribution in [0.1, 0.15) is 47.0 Å². The molecule has 1 aliphatic rings. The summed E-state index contributed by atoms with van der Waals surface area (Å²) in [5.41, 5.74) is -1.76. The summed E-state index contributed by atoms with van der Waals surface area (Å²) >= 11 is 0. The molecule has 0 saturated carbocycles. The molecule has 14 heteroatoms. The van der Waals surface area contributed by atoms with Gasteiger partial charge in [0.15, 0.2) is 17.3 Å². The number of nitrogens with zero attached hydrogens (tertiary/aromatic N) is 3. The van der Waals surface area contributed by atoms with E-state index in [2.05, 4.69) is 10.2 Å². The molecule has 36 heavy (non-hydrogen) atoms. The fourth-order valence-electron chi connectivity index (χ4n) is 4.03. The summed E-state index contributed by atoms with van der Waals surface area (Å²) in [6.07, 6.45) is -13.9. The number of alkyl halides is 6. The van der Waals surface area contributed by atoms with E-state index in [-0.39, 0.29) is 28.3 Å². The highest BCUT2D eigenvalue weighted by Gasteiger charge is 2.44. The van der Waals surface area contributed by atoms with Crippen LogP contribution in [-0.2, 0) is 21.9 Å². The minimum atomic E-state index is -5.06. The lowest BCUT2D eigenvalue weighted by Crippen LogP contribution is -2.17. The maximum absolute atomic E-state index is 13.8.